The summed E-state index contributed by atoms with van der Waals surface area (Å²) < 4.78 is 0. The first kappa shape index (κ1) is 11.3. The molecule has 3 nitrogen and oxygen atoms in total. The van der Waals surface area contributed by atoms with Gasteiger partial charge in [0.1, 0.15) is 15.6 Å². The van der Waals surface area contributed by atoms with Crippen LogP contribution in [0.15, 0.2) is 36.4 Å². The first-order valence-electron chi connectivity index (χ1n) is 5.18. The Morgan fingerprint density at radius 3 is 2.33 bits per heavy atom. The molecule has 1 aliphatic rings. The van der Waals surface area contributed by atoms with Crippen molar-refractivity contribution in [3.63, 3.8) is 0 Å². The van der Waals surface area contributed by atoms with Crippen LogP contribution in [0.25, 0.3) is 10.6 Å². The molecule has 0 bridgehead atoms. The minimum atomic E-state index is -0.221. The molecule has 88 valence electrons. The average Bonchev–Trinajstić information content (AvgIpc) is 2.81. The number of ketones is 2. The van der Waals surface area contributed by atoms with Gasteiger partial charge in [0.15, 0.2) is 5.78 Å². The van der Waals surface area contributed by atoms with Crippen molar-refractivity contribution in [2.75, 3.05) is 0 Å². The molecule has 0 amide bonds. The standard InChI is InChI=1S/C13H6ClNO2S/c14-8-3-1-7(2-4-8)13-15-11-9(16)5-6-10(17)12(11)18-13/h1-6H. The summed E-state index contributed by atoms with van der Waals surface area (Å²) in [5.41, 5.74) is 1.09. The van der Waals surface area contributed by atoms with Gasteiger partial charge in [0.05, 0.1) is 0 Å². The molecule has 0 saturated carbocycles. The topological polar surface area (TPSA) is 47.0 Å². The number of benzene rings is 1. The van der Waals surface area contributed by atoms with E-state index in [0.29, 0.717) is 14.9 Å². The average molecular weight is 276 g/mol. The maximum absolute atomic E-state index is 11.6. The number of carbonyl (C=O) groups excluding carboxylic acids is 2. The molecule has 0 atom stereocenters. The summed E-state index contributed by atoms with van der Waals surface area (Å²) >= 11 is 7.04. The van der Waals surface area contributed by atoms with E-state index in [1.807, 2.05) is 12.1 Å². The molecule has 0 unspecified atom stereocenters. The number of fused-ring (bicyclic) bond motifs is 1. The predicted octanol–water partition coefficient (Wildman–Crippen LogP) is 3.40. The van der Waals surface area contributed by atoms with Crippen molar-refractivity contribution < 1.29 is 9.59 Å². The number of nitrogens with zero attached hydrogens (tertiary/aromatic N) is 1. The van der Waals surface area contributed by atoms with Crippen LogP contribution in [0.2, 0.25) is 5.02 Å². The van der Waals surface area contributed by atoms with Crippen molar-refractivity contribution in [2.24, 2.45) is 0 Å². The van der Waals surface area contributed by atoms with Gasteiger partial charge >= 0.3 is 0 Å². The molecule has 1 aromatic heterocycles. The number of allylic oxidation sites excluding steroid dienone is 2. The third kappa shape index (κ3) is 1.79. The fourth-order valence-electron chi connectivity index (χ4n) is 1.68. The number of hydrogen-bond acceptors (Lipinski definition) is 4. The molecule has 18 heavy (non-hydrogen) atoms. The van der Waals surface area contributed by atoms with Crippen LogP contribution in [0.1, 0.15) is 20.2 Å². The van der Waals surface area contributed by atoms with Crippen LogP contribution >= 0.6 is 22.9 Å². The van der Waals surface area contributed by atoms with Gasteiger partial charge in [0.25, 0.3) is 0 Å². The van der Waals surface area contributed by atoms with Crippen LogP contribution < -0.4 is 0 Å². The zero-order valence-corrected chi connectivity index (χ0v) is 10.6. The molecule has 1 heterocycles. The third-order valence-corrected chi connectivity index (χ3v) is 3.93. The Labute approximate surface area is 112 Å². The van der Waals surface area contributed by atoms with Gasteiger partial charge < -0.3 is 0 Å². The quantitative estimate of drug-likeness (QED) is 0.801. The lowest BCUT2D eigenvalue weighted by Crippen LogP contribution is -2.08. The summed E-state index contributed by atoms with van der Waals surface area (Å²) in [6.07, 6.45) is 2.55. The van der Waals surface area contributed by atoms with Crippen molar-refractivity contribution >= 4 is 34.5 Å². The van der Waals surface area contributed by atoms with Crippen molar-refractivity contribution in [3.05, 3.63) is 52.0 Å². The maximum atomic E-state index is 11.6. The van der Waals surface area contributed by atoms with Crippen LogP contribution in [0, 0.1) is 0 Å². The predicted molar refractivity (Wildman–Crippen MR) is 70.4 cm³/mol. The first-order valence-corrected chi connectivity index (χ1v) is 6.38. The van der Waals surface area contributed by atoms with Crippen LogP contribution in [-0.4, -0.2) is 16.6 Å². The second kappa shape index (κ2) is 4.15. The van der Waals surface area contributed by atoms with Crippen LogP contribution in [-0.2, 0) is 0 Å². The maximum Gasteiger partial charge on any atom is 0.205 e. The zero-order valence-electron chi connectivity index (χ0n) is 9.01. The van der Waals surface area contributed by atoms with E-state index in [9.17, 15) is 9.59 Å². The van der Waals surface area contributed by atoms with Crippen molar-refractivity contribution in [1.29, 1.82) is 0 Å². The van der Waals surface area contributed by atoms with Crippen molar-refractivity contribution in [2.45, 2.75) is 0 Å². The zero-order chi connectivity index (χ0) is 12.7. The van der Waals surface area contributed by atoms with Crippen molar-refractivity contribution in [3.8, 4) is 10.6 Å². The number of halogens is 1. The molecule has 1 aromatic carbocycles. The van der Waals surface area contributed by atoms with Crippen molar-refractivity contribution in [1.82, 2.24) is 4.98 Å². The SMILES string of the molecule is O=C1C=CC(=O)c2sc(-c3ccc(Cl)cc3)nc21. The molecule has 1 aliphatic carbocycles. The second-order valence-corrected chi connectivity index (χ2v) is 5.20. The van der Waals surface area contributed by atoms with Gasteiger partial charge in [-0.2, -0.15) is 0 Å². The molecule has 0 spiro atoms. The lowest BCUT2D eigenvalue weighted by molar-refractivity contribution is 0.0994. The largest absolute Gasteiger partial charge is 0.288 e. The van der Waals surface area contributed by atoms with Crippen LogP contribution in [0.3, 0.4) is 0 Å². The minimum Gasteiger partial charge on any atom is -0.288 e. The Morgan fingerprint density at radius 1 is 1.00 bits per heavy atom. The molecule has 2 aromatic rings. The van der Waals surface area contributed by atoms with Crippen LogP contribution in [0.5, 0.6) is 0 Å². The Balaban J connectivity index is 2.11. The highest BCUT2D eigenvalue weighted by Gasteiger charge is 2.24. The van der Waals surface area contributed by atoms with E-state index in [1.54, 1.807) is 12.1 Å². The summed E-state index contributed by atoms with van der Waals surface area (Å²) in [4.78, 5) is 27.9. The van der Waals surface area contributed by atoms with Gasteiger partial charge in [-0.3, -0.25) is 9.59 Å². The van der Waals surface area contributed by atoms with E-state index in [2.05, 4.69) is 4.98 Å². The van der Waals surface area contributed by atoms with Gasteiger partial charge in [0.2, 0.25) is 5.78 Å². The number of aromatic nitrogens is 1. The molecule has 0 radical (unpaired) electrons. The van der Waals surface area contributed by atoms with E-state index >= 15 is 0 Å². The summed E-state index contributed by atoms with van der Waals surface area (Å²) in [6, 6.07) is 7.13. The van der Waals surface area contributed by atoms with Crippen LogP contribution in [0.4, 0.5) is 0 Å². The highest BCUT2D eigenvalue weighted by Crippen LogP contribution is 2.31. The highest BCUT2D eigenvalue weighted by atomic mass is 35.5. The van der Waals surface area contributed by atoms with E-state index in [-0.39, 0.29) is 17.3 Å². The highest BCUT2D eigenvalue weighted by molar-refractivity contribution is 7.17. The molecule has 0 aliphatic heterocycles. The number of rotatable bonds is 1. The van der Waals surface area contributed by atoms with Gasteiger partial charge in [-0.25, -0.2) is 4.98 Å². The monoisotopic (exact) mass is 275 g/mol. The Hall–Kier alpha value is -1.78. The summed E-state index contributed by atoms with van der Waals surface area (Å²) in [6.45, 7) is 0. The molecule has 0 saturated heterocycles. The summed E-state index contributed by atoms with van der Waals surface area (Å²) in [5, 5.41) is 1.29. The molecule has 0 fully saturated rings. The van der Waals surface area contributed by atoms with E-state index in [1.165, 1.54) is 23.5 Å². The summed E-state index contributed by atoms with van der Waals surface area (Å²) in [7, 11) is 0. The normalized spacial score (nSPS) is 13.8. The molecule has 3 rings (SSSR count). The summed E-state index contributed by atoms with van der Waals surface area (Å²) in [5.74, 6) is -0.386. The lowest BCUT2D eigenvalue weighted by atomic mass is 10.1. The van der Waals surface area contributed by atoms with E-state index in [4.69, 9.17) is 11.6 Å². The molecule has 0 N–H and O–H groups in total. The fraction of sp³-hybridized carbons (Fsp3) is 0. The molecular weight excluding hydrogens is 270 g/mol. The first-order chi connectivity index (χ1) is 8.65. The smallest absolute Gasteiger partial charge is 0.205 e. The number of hydrogen-bond donors (Lipinski definition) is 0. The van der Waals surface area contributed by atoms with Gasteiger partial charge in [-0.05, 0) is 24.3 Å². The molecular formula is C13H6ClNO2S. The van der Waals surface area contributed by atoms with Gasteiger partial charge in [-0.1, -0.05) is 23.7 Å². The van der Waals surface area contributed by atoms with Gasteiger partial charge in [0, 0.05) is 10.6 Å². The van der Waals surface area contributed by atoms with E-state index < -0.39 is 0 Å². The minimum absolute atomic E-state index is 0.165. The molecule has 5 heteroatoms. The number of carbonyl (C=O) groups is 2. The Kier molecular flexibility index (Phi) is 2.61. The lowest BCUT2D eigenvalue weighted by Gasteiger charge is -1.98. The number of thiazole rings is 1. The Bertz CT molecular complexity index is 650. The Morgan fingerprint density at radius 2 is 1.67 bits per heavy atom. The third-order valence-electron chi connectivity index (χ3n) is 2.56. The van der Waals surface area contributed by atoms with E-state index in [0.717, 1.165) is 5.56 Å². The fourth-order valence-corrected chi connectivity index (χ4v) is 2.80. The van der Waals surface area contributed by atoms with Gasteiger partial charge in [-0.15, -0.1) is 11.3 Å². The second-order valence-electron chi connectivity index (χ2n) is 3.77.